The van der Waals surface area contributed by atoms with Crippen LogP contribution < -0.4 is 11.4 Å². The zero-order valence-corrected chi connectivity index (χ0v) is 9.56. The molecule has 0 spiro atoms. The maximum Gasteiger partial charge on any atom is 0.365 e. The second-order valence-electron chi connectivity index (χ2n) is 4.15. The zero-order valence-electron chi connectivity index (χ0n) is 9.56. The van der Waals surface area contributed by atoms with E-state index in [1.54, 1.807) is 10.8 Å². The third-order valence-electron chi connectivity index (χ3n) is 2.62. The smallest absolute Gasteiger partial charge is 0.335 e. The summed E-state index contributed by atoms with van der Waals surface area (Å²) in [5.41, 5.74) is 7.24. The fraction of sp³-hybridized carbons (Fsp3) is 0.417. The summed E-state index contributed by atoms with van der Waals surface area (Å²) >= 11 is 0. The highest BCUT2D eigenvalue weighted by molar-refractivity contribution is 5.81. The molecule has 1 aromatic carbocycles. The Balaban J connectivity index is 2.77. The number of hydrogen-bond donors (Lipinski definition) is 1. The Kier molecular flexibility index (Phi) is 2.83. The van der Waals surface area contributed by atoms with Crippen molar-refractivity contribution in [2.24, 2.45) is 5.73 Å². The average molecular weight is 220 g/mol. The van der Waals surface area contributed by atoms with Crippen molar-refractivity contribution < 1.29 is 4.52 Å². The van der Waals surface area contributed by atoms with E-state index in [0.717, 1.165) is 17.5 Å². The lowest BCUT2D eigenvalue weighted by molar-refractivity contribution is 0.234. The molecule has 0 aliphatic carbocycles. The maximum atomic E-state index is 11.6. The molecule has 2 rings (SSSR count). The van der Waals surface area contributed by atoms with Gasteiger partial charge in [-0.1, -0.05) is 12.1 Å². The predicted octanol–water partition coefficient (Wildman–Crippen LogP) is 1.68. The molecule has 4 heteroatoms. The number of nitrogens with two attached hydrogens (primary N) is 1. The Bertz CT molecular complexity index is 552. The summed E-state index contributed by atoms with van der Waals surface area (Å²) < 4.78 is 6.90. The van der Waals surface area contributed by atoms with Crippen molar-refractivity contribution in [1.29, 1.82) is 0 Å². The molecule has 0 fully saturated rings. The average Bonchev–Trinajstić information content (AvgIpc) is 2.58. The normalized spacial score (nSPS) is 11.5. The molecule has 0 saturated heterocycles. The molecule has 0 amide bonds. The van der Waals surface area contributed by atoms with E-state index in [2.05, 4.69) is 0 Å². The van der Waals surface area contributed by atoms with Crippen molar-refractivity contribution in [3.63, 3.8) is 0 Å². The summed E-state index contributed by atoms with van der Waals surface area (Å²) in [6.45, 7) is 4.54. The van der Waals surface area contributed by atoms with Crippen LogP contribution in [0.25, 0.3) is 10.9 Å². The lowest BCUT2D eigenvalue weighted by Gasteiger charge is -2.08. The highest BCUT2D eigenvalue weighted by Gasteiger charge is 2.14. The first-order valence-electron chi connectivity index (χ1n) is 5.48. The van der Waals surface area contributed by atoms with Gasteiger partial charge < -0.3 is 10.3 Å². The van der Waals surface area contributed by atoms with Crippen LogP contribution in [0.15, 0.2) is 27.5 Å². The largest absolute Gasteiger partial charge is 0.365 e. The topological polar surface area (TPSA) is 61.2 Å². The first kappa shape index (κ1) is 11.0. The Hall–Kier alpha value is -1.55. The van der Waals surface area contributed by atoms with E-state index in [0.29, 0.717) is 11.9 Å². The Labute approximate surface area is 93.6 Å². The van der Waals surface area contributed by atoms with E-state index >= 15 is 0 Å². The SMILES string of the molecule is CC(C)n1oc(=O)c2cccc(CCN)c21. The van der Waals surface area contributed by atoms with E-state index < -0.39 is 0 Å². The number of rotatable bonds is 3. The van der Waals surface area contributed by atoms with Gasteiger partial charge in [-0.05, 0) is 38.4 Å². The Morgan fingerprint density at radius 1 is 1.44 bits per heavy atom. The second-order valence-corrected chi connectivity index (χ2v) is 4.15. The summed E-state index contributed by atoms with van der Waals surface area (Å²) in [6.07, 6.45) is 0.753. The minimum Gasteiger partial charge on any atom is -0.335 e. The number of fused-ring (bicyclic) bond motifs is 1. The van der Waals surface area contributed by atoms with E-state index in [9.17, 15) is 4.79 Å². The van der Waals surface area contributed by atoms with Crippen LogP contribution in [0.2, 0.25) is 0 Å². The van der Waals surface area contributed by atoms with Gasteiger partial charge in [0.1, 0.15) is 0 Å². The van der Waals surface area contributed by atoms with E-state index in [1.165, 1.54) is 0 Å². The molecule has 2 N–H and O–H groups in total. The zero-order chi connectivity index (χ0) is 11.7. The molecule has 86 valence electrons. The fourth-order valence-electron chi connectivity index (χ4n) is 1.92. The van der Waals surface area contributed by atoms with E-state index in [-0.39, 0.29) is 11.7 Å². The molecule has 1 aromatic heterocycles. The molecule has 16 heavy (non-hydrogen) atoms. The van der Waals surface area contributed by atoms with Gasteiger partial charge in [-0.15, -0.1) is 0 Å². The Morgan fingerprint density at radius 2 is 2.19 bits per heavy atom. The van der Waals surface area contributed by atoms with Gasteiger partial charge in [-0.3, -0.25) is 0 Å². The van der Waals surface area contributed by atoms with Gasteiger partial charge in [0.05, 0.1) is 16.9 Å². The van der Waals surface area contributed by atoms with Gasteiger partial charge in [-0.2, -0.15) is 0 Å². The predicted molar refractivity (Wildman–Crippen MR) is 63.6 cm³/mol. The van der Waals surface area contributed by atoms with Crippen LogP contribution in [-0.2, 0) is 6.42 Å². The van der Waals surface area contributed by atoms with Crippen molar-refractivity contribution in [2.45, 2.75) is 26.3 Å². The van der Waals surface area contributed by atoms with Gasteiger partial charge in [0.15, 0.2) is 0 Å². The molecule has 4 nitrogen and oxygen atoms in total. The highest BCUT2D eigenvalue weighted by atomic mass is 16.5. The summed E-state index contributed by atoms with van der Waals surface area (Å²) in [5, 5.41) is 0.639. The molecule has 0 aliphatic rings. The van der Waals surface area contributed by atoms with Crippen LogP contribution in [0, 0.1) is 0 Å². The maximum absolute atomic E-state index is 11.6. The van der Waals surface area contributed by atoms with Crippen molar-refractivity contribution in [2.75, 3.05) is 6.54 Å². The lowest BCUT2D eigenvalue weighted by Crippen LogP contribution is -2.06. The molecule has 0 aliphatic heterocycles. The fourth-order valence-corrected chi connectivity index (χ4v) is 1.92. The van der Waals surface area contributed by atoms with E-state index in [1.807, 2.05) is 26.0 Å². The van der Waals surface area contributed by atoms with Crippen molar-refractivity contribution >= 4 is 10.9 Å². The van der Waals surface area contributed by atoms with Gasteiger partial charge >= 0.3 is 5.63 Å². The van der Waals surface area contributed by atoms with Crippen LogP contribution in [0.1, 0.15) is 25.5 Å². The Morgan fingerprint density at radius 3 is 2.81 bits per heavy atom. The van der Waals surface area contributed by atoms with Crippen LogP contribution in [0.3, 0.4) is 0 Å². The number of hydrogen-bond acceptors (Lipinski definition) is 3. The molecular formula is C12H16N2O2. The van der Waals surface area contributed by atoms with E-state index in [4.69, 9.17) is 10.3 Å². The van der Waals surface area contributed by atoms with Gasteiger partial charge in [0, 0.05) is 0 Å². The molecule has 0 radical (unpaired) electrons. The number of para-hydroxylation sites is 1. The minimum absolute atomic E-state index is 0.129. The van der Waals surface area contributed by atoms with Crippen molar-refractivity contribution in [3.05, 3.63) is 34.2 Å². The van der Waals surface area contributed by atoms with Gasteiger partial charge in [0.25, 0.3) is 0 Å². The minimum atomic E-state index is -0.275. The van der Waals surface area contributed by atoms with Crippen molar-refractivity contribution in [3.8, 4) is 0 Å². The number of nitrogens with zero attached hydrogens (tertiary/aromatic N) is 1. The van der Waals surface area contributed by atoms with Gasteiger partial charge in [-0.25, -0.2) is 9.53 Å². The monoisotopic (exact) mass is 220 g/mol. The first-order chi connectivity index (χ1) is 7.65. The first-order valence-corrected chi connectivity index (χ1v) is 5.48. The van der Waals surface area contributed by atoms with Gasteiger partial charge in [0.2, 0.25) is 0 Å². The second kappa shape index (κ2) is 4.14. The molecule has 0 unspecified atom stereocenters. The molecule has 0 bridgehead atoms. The highest BCUT2D eigenvalue weighted by Crippen LogP contribution is 2.20. The quantitative estimate of drug-likeness (QED) is 0.856. The summed E-state index contributed by atoms with van der Waals surface area (Å²) in [4.78, 5) is 11.6. The molecular weight excluding hydrogens is 204 g/mol. The molecule has 2 aromatic rings. The third kappa shape index (κ3) is 1.65. The number of benzene rings is 1. The van der Waals surface area contributed by atoms with Crippen LogP contribution >= 0.6 is 0 Å². The summed E-state index contributed by atoms with van der Waals surface area (Å²) in [6, 6.07) is 5.78. The van der Waals surface area contributed by atoms with Crippen molar-refractivity contribution in [1.82, 2.24) is 4.74 Å². The molecule has 0 saturated carbocycles. The summed E-state index contributed by atoms with van der Waals surface area (Å²) in [5.74, 6) is 0. The lowest BCUT2D eigenvalue weighted by atomic mass is 10.1. The standard InChI is InChI=1S/C12H16N2O2/c1-8(2)14-11-9(6-7-13)4-3-5-10(11)12(15)16-14/h3-5,8H,6-7,13H2,1-2H3. The van der Waals surface area contributed by atoms with Crippen LogP contribution in [-0.4, -0.2) is 11.3 Å². The molecule has 1 heterocycles. The summed E-state index contributed by atoms with van der Waals surface area (Å²) in [7, 11) is 0. The number of aromatic nitrogens is 1. The molecule has 0 atom stereocenters. The van der Waals surface area contributed by atoms with Crippen LogP contribution in [0.4, 0.5) is 0 Å². The van der Waals surface area contributed by atoms with Crippen LogP contribution in [0.5, 0.6) is 0 Å². The third-order valence-corrected chi connectivity index (χ3v) is 2.62.